The number of benzene rings is 1. The Kier molecular flexibility index (Phi) is 6.01. The molecule has 4 rings (SSSR count). The third kappa shape index (κ3) is 4.86. The van der Waals surface area contributed by atoms with Crippen molar-refractivity contribution in [2.24, 2.45) is 0 Å². The van der Waals surface area contributed by atoms with Crippen LogP contribution < -0.4 is 10.1 Å². The first-order chi connectivity index (χ1) is 13.9. The van der Waals surface area contributed by atoms with Gasteiger partial charge in [0.1, 0.15) is 11.9 Å². The highest BCUT2D eigenvalue weighted by Crippen LogP contribution is 2.31. The van der Waals surface area contributed by atoms with E-state index < -0.39 is 11.7 Å². The Morgan fingerprint density at radius 3 is 2.45 bits per heavy atom. The van der Waals surface area contributed by atoms with Crippen molar-refractivity contribution in [1.82, 2.24) is 15.1 Å². The van der Waals surface area contributed by atoms with Crippen molar-refractivity contribution in [2.45, 2.75) is 56.5 Å². The summed E-state index contributed by atoms with van der Waals surface area (Å²) < 4.78 is 43.8. The molecule has 1 aromatic rings. The zero-order valence-electron chi connectivity index (χ0n) is 16.5. The van der Waals surface area contributed by atoms with Crippen LogP contribution in [0, 0.1) is 0 Å². The predicted octanol–water partition coefficient (Wildman–Crippen LogP) is 2.90. The van der Waals surface area contributed by atoms with Crippen molar-refractivity contribution in [3.8, 4) is 5.75 Å². The topological polar surface area (TPSA) is 44.8 Å². The van der Waals surface area contributed by atoms with E-state index in [1.165, 1.54) is 31.4 Å². The van der Waals surface area contributed by atoms with Gasteiger partial charge in [0, 0.05) is 45.2 Å². The Hall–Kier alpha value is -1.80. The normalized spacial score (nSPS) is 26.8. The van der Waals surface area contributed by atoms with E-state index in [1.807, 2.05) is 4.90 Å². The van der Waals surface area contributed by atoms with Crippen LogP contribution in [0.15, 0.2) is 24.3 Å². The van der Waals surface area contributed by atoms with Crippen LogP contribution in [0.1, 0.15) is 37.7 Å². The van der Waals surface area contributed by atoms with Crippen LogP contribution in [0.2, 0.25) is 0 Å². The molecule has 1 N–H and O–H groups in total. The molecule has 0 unspecified atom stereocenters. The van der Waals surface area contributed by atoms with Gasteiger partial charge in [0.15, 0.2) is 0 Å². The molecule has 3 fully saturated rings. The number of halogens is 3. The maximum Gasteiger partial charge on any atom is 0.416 e. The average molecular weight is 411 g/mol. The molecule has 0 spiro atoms. The van der Waals surface area contributed by atoms with Crippen molar-refractivity contribution in [3.05, 3.63) is 29.8 Å². The maximum atomic E-state index is 12.9. The number of rotatable bonds is 4. The molecule has 2 saturated heterocycles. The highest BCUT2D eigenvalue weighted by atomic mass is 19.4. The Balaban J connectivity index is 1.27. The second kappa shape index (κ2) is 8.52. The van der Waals surface area contributed by atoms with E-state index in [1.54, 1.807) is 0 Å². The van der Waals surface area contributed by atoms with Gasteiger partial charge >= 0.3 is 6.18 Å². The number of carbonyl (C=O) groups is 1. The summed E-state index contributed by atoms with van der Waals surface area (Å²) in [6, 6.07) is 5.13. The lowest BCUT2D eigenvalue weighted by Gasteiger charge is -2.36. The van der Waals surface area contributed by atoms with Crippen LogP contribution >= 0.6 is 0 Å². The quantitative estimate of drug-likeness (QED) is 0.828. The van der Waals surface area contributed by atoms with Crippen molar-refractivity contribution >= 4 is 5.91 Å². The van der Waals surface area contributed by atoms with E-state index >= 15 is 0 Å². The number of carbonyl (C=O) groups excluding carboxylic acids is 1. The molecule has 2 heterocycles. The SMILES string of the molecule is O=C([C@H]1C[C@H](Oc2ccc(C(F)(F)F)cc2)CN1)N1CCCN(C2CCC2)CC1. The molecular weight excluding hydrogens is 383 g/mol. The minimum absolute atomic E-state index is 0.110. The van der Waals surface area contributed by atoms with Gasteiger partial charge in [-0.3, -0.25) is 9.69 Å². The van der Waals surface area contributed by atoms with Gasteiger partial charge in [-0.2, -0.15) is 13.2 Å². The van der Waals surface area contributed by atoms with Gasteiger partial charge in [-0.05, 0) is 43.5 Å². The number of nitrogens with one attached hydrogen (secondary N) is 1. The van der Waals surface area contributed by atoms with Crippen molar-refractivity contribution in [1.29, 1.82) is 0 Å². The lowest BCUT2D eigenvalue weighted by atomic mass is 9.91. The lowest BCUT2D eigenvalue weighted by Crippen LogP contribution is -2.46. The fourth-order valence-electron chi connectivity index (χ4n) is 4.39. The summed E-state index contributed by atoms with van der Waals surface area (Å²) in [5.41, 5.74) is -0.695. The fraction of sp³-hybridized carbons (Fsp3) is 0.667. The van der Waals surface area contributed by atoms with Crippen LogP contribution in [-0.2, 0) is 11.0 Å². The first-order valence-electron chi connectivity index (χ1n) is 10.5. The second-order valence-corrected chi connectivity index (χ2v) is 8.26. The molecule has 5 nitrogen and oxygen atoms in total. The van der Waals surface area contributed by atoms with Crippen LogP contribution in [0.3, 0.4) is 0 Å². The van der Waals surface area contributed by atoms with E-state index in [9.17, 15) is 18.0 Å². The van der Waals surface area contributed by atoms with Gasteiger partial charge in [0.05, 0.1) is 11.6 Å². The first-order valence-corrected chi connectivity index (χ1v) is 10.5. The zero-order valence-corrected chi connectivity index (χ0v) is 16.5. The van der Waals surface area contributed by atoms with E-state index in [0.29, 0.717) is 24.8 Å². The minimum atomic E-state index is -4.35. The number of hydrogen-bond acceptors (Lipinski definition) is 4. The maximum absolute atomic E-state index is 12.9. The number of nitrogens with zero attached hydrogens (tertiary/aromatic N) is 2. The molecule has 2 atom stereocenters. The molecular formula is C21H28F3N3O2. The molecule has 29 heavy (non-hydrogen) atoms. The Bertz CT molecular complexity index is 706. The van der Waals surface area contributed by atoms with Gasteiger partial charge in [0.25, 0.3) is 0 Å². The van der Waals surface area contributed by atoms with E-state index in [4.69, 9.17) is 4.74 Å². The highest BCUT2D eigenvalue weighted by Gasteiger charge is 2.35. The zero-order chi connectivity index (χ0) is 20.4. The largest absolute Gasteiger partial charge is 0.489 e. The minimum Gasteiger partial charge on any atom is -0.489 e. The first kappa shape index (κ1) is 20.5. The van der Waals surface area contributed by atoms with Crippen molar-refractivity contribution in [2.75, 3.05) is 32.7 Å². The number of hydrogen-bond donors (Lipinski definition) is 1. The van der Waals surface area contributed by atoms with E-state index in [-0.39, 0.29) is 18.1 Å². The third-order valence-electron chi connectivity index (χ3n) is 6.31. The molecule has 160 valence electrons. The molecule has 1 saturated carbocycles. The fourth-order valence-corrected chi connectivity index (χ4v) is 4.39. The van der Waals surface area contributed by atoms with Crippen LogP contribution in [-0.4, -0.2) is 66.6 Å². The Morgan fingerprint density at radius 2 is 1.79 bits per heavy atom. The number of amides is 1. The average Bonchev–Trinajstić information content (AvgIpc) is 2.97. The summed E-state index contributed by atoms with van der Waals surface area (Å²) in [7, 11) is 0. The standard InChI is InChI=1S/C21H28F3N3O2/c22-21(23,24)15-5-7-17(8-6-15)29-18-13-19(25-14-18)20(28)27-10-2-9-26(11-12-27)16-3-1-4-16/h5-8,16,18-19,25H,1-4,9-14H2/t18-,19+/m0/s1. The van der Waals surface area contributed by atoms with Crippen molar-refractivity contribution < 1.29 is 22.7 Å². The number of alkyl halides is 3. The van der Waals surface area contributed by atoms with Crippen LogP contribution in [0.25, 0.3) is 0 Å². The number of ether oxygens (including phenoxy) is 1. The van der Waals surface area contributed by atoms with E-state index in [2.05, 4.69) is 10.2 Å². The highest BCUT2D eigenvalue weighted by molar-refractivity contribution is 5.82. The van der Waals surface area contributed by atoms with Gasteiger partial charge in [-0.1, -0.05) is 6.42 Å². The van der Waals surface area contributed by atoms with Gasteiger partial charge < -0.3 is 15.0 Å². The van der Waals surface area contributed by atoms with Gasteiger partial charge in [-0.15, -0.1) is 0 Å². The molecule has 1 aromatic carbocycles. The second-order valence-electron chi connectivity index (χ2n) is 8.26. The van der Waals surface area contributed by atoms with E-state index in [0.717, 1.165) is 44.7 Å². The summed E-state index contributed by atoms with van der Waals surface area (Å²) in [6.07, 6.45) is 0.826. The molecule has 1 aliphatic carbocycles. The summed E-state index contributed by atoms with van der Waals surface area (Å²) in [4.78, 5) is 17.4. The lowest BCUT2D eigenvalue weighted by molar-refractivity contribution is -0.137. The van der Waals surface area contributed by atoms with Crippen LogP contribution in [0.4, 0.5) is 13.2 Å². The smallest absolute Gasteiger partial charge is 0.416 e. The Morgan fingerprint density at radius 1 is 1.03 bits per heavy atom. The molecule has 3 aliphatic rings. The monoisotopic (exact) mass is 411 g/mol. The molecule has 0 bridgehead atoms. The van der Waals surface area contributed by atoms with Gasteiger partial charge in [-0.25, -0.2) is 0 Å². The van der Waals surface area contributed by atoms with Crippen molar-refractivity contribution in [3.63, 3.8) is 0 Å². The molecule has 8 heteroatoms. The Labute approximate surface area is 169 Å². The third-order valence-corrected chi connectivity index (χ3v) is 6.31. The summed E-state index contributed by atoms with van der Waals surface area (Å²) in [5, 5.41) is 3.23. The van der Waals surface area contributed by atoms with Crippen LogP contribution in [0.5, 0.6) is 5.75 Å². The molecule has 2 aliphatic heterocycles. The summed E-state index contributed by atoms with van der Waals surface area (Å²) in [5.74, 6) is 0.503. The predicted molar refractivity (Wildman–Crippen MR) is 103 cm³/mol. The molecule has 0 radical (unpaired) electrons. The van der Waals surface area contributed by atoms with Gasteiger partial charge in [0.2, 0.25) is 5.91 Å². The summed E-state index contributed by atoms with van der Waals surface area (Å²) in [6.45, 7) is 4.06. The molecule has 0 aromatic heterocycles. The summed E-state index contributed by atoms with van der Waals surface area (Å²) >= 11 is 0. The molecule has 1 amide bonds.